The van der Waals surface area contributed by atoms with E-state index in [0.29, 0.717) is 25.9 Å². The van der Waals surface area contributed by atoms with Crippen LogP contribution in [-0.2, 0) is 14.2 Å². The first-order valence-electron chi connectivity index (χ1n) is 6.09. The molecule has 0 N–H and O–H groups in total. The second kappa shape index (κ2) is 10.4. The lowest BCUT2D eigenvalue weighted by molar-refractivity contribution is -0.149. The fourth-order valence-electron chi connectivity index (χ4n) is 1.44. The van der Waals surface area contributed by atoms with Crippen molar-refractivity contribution in [1.29, 1.82) is 0 Å². The van der Waals surface area contributed by atoms with Crippen LogP contribution in [-0.4, -0.2) is 32.2 Å². The van der Waals surface area contributed by atoms with E-state index >= 15 is 0 Å². The first-order chi connectivity index (χ1) is 7.24. The van der Waals surface area contributed by atoms with E-state index in [1.165, 1.54) is 6.42 Å². The minimum atomic E-state index is -0.103. The maximum atomic E-state index is 5.65. The fraction of sp³-hybridized carbons (Fsp3) is 1.00. The highest BCUT2D eigenvalue weighted by molar-refractivity contribution is 4.50. The summed E-state index contributed by atoms with van der Waals surface area (Å²) >= 11 is 0. The van der Waals surface area contributed by atoms with Gasteiger partial charge in [0.05, 0.1) is 12.7 Å². The normalized spacial score (nSPS) is 13.4. The molecule has 0 heterocycles. The lowest BCUT2D eigenvalue weighted by Gasteiger charge is -2.18. The van der Waals surface area contributed by atoms with E-state index in [0.717, 1.165) is 12.8 Å². The van der Waals surface area contributed by atoms with Crippen LogP contribution in [0.2, 0.25) is 0 Å². The molecule has 0 radical (unpaired) electrons. The third-order valence-corrected chi connectivity index (χ3v) is 2.16. The number of hydrogen-bond acceptors (Lipinski definition) is 3. The standard InChI is InChI=1S/C12H26O3/c1-5-8-11(4)15-10-9-12(13-6-2)14-7-3/h11-12H,5-10H2,1-4H3. The molecule has 0 aromatic carbocycles. The summed E-state index contributed by atoms with van der Waals surface area (Å²) in [5.41, 5.74) is 0. The molecule has 15 heavy (non-hydrogen) atoms. The Kier molecular flexibility index (Phi) is 10.3. The molecule has 0 aliphatic rings. The van der Waals surface area contributed by atoms with Crippen LogP contribution in [0.4, 0.5) is 0 Å². The van der Waals surface area contributed by atoms with Crippen molar-refractivity contribution in [1.82, 2.24) is 0 Å². The average molecular weight is 218 g/mol. The van der Waals surface area contributed by atoms with E-state index in [9.17, 15) is 0 Å². The monoisotopic (exact) mass is 218 g/mol. The summed E-state index contributed by atoms with van der Waals surface area (Å²) in [5.74, 6) is 0. The Bertz CT molecular complexity index is 122. The van der Waals surface area contributed by atoms with Crippen LogP contribution in [0, 0.1) is 0 Å². The number of rotatable bonds is 10. The van der Waals surface area contributed by atoms with Gasteiger partial charge in [0, 0.05) is 19.6 Å². The summed E-state index contributed by atoms with van der Waals surface area (Å²) in [6.45, 7) is 10.3. The smallest absolute Gasteiger partial charge is 0.159 e. The van der Waals surface area contributed by atoms with Gasteiger partial charge in [0.15, 0.2) is 6.29 Å². The lowest BCUT2D eigenvalue weighted by atomic mass is 10.2. The topological polar surface area (TPSA) is 27.7 Å². The molecule has 0 aliphatic heterocycles. The van der Waals surface area contributed by atoms with Gasteiger partial charge in [-0.15, -0.1) is 0 Å². The zero-order chi connectivity index (χ0) is 11.5. The Morgan fingerprint density at radius 3 is 1.93 bits per heavy atom. The van der Waals surface area contributed by atoms with Crippen molar-refractivity contribution in [2.24, 2.45) is 0 Å². The molecule has 0 spiro atoms. The van der Waals surface area contributed by atoms with Gasteiger partial charge in [-0.25, -0.2) is 0 Å². The van der Waals surface area contributed by atoms with Gasteiger partial charge >= 0.3 is 0 Å². The van der Waals surface area contributed by atoms with Crippen molar-refractivity contribution in [3.63, 3.8) is 0 Å². The van der Waals surface area contributed by atoms with Crippen LogP contribution in [0.1, 0.15) is 47.0 Å². The molecule has 1 atom stereocenters. The van der Waals surface area contributed by atoms with Crippen LogP contribution < -0.4 is 0 Å². The van der Waals surface area contributed by atoms with Gasteiger partial charge in [0.1, 0.15) is 0 Å². The number of ether oxygens (including phenoxy) is 3. The van der Waals surface area contributed by atoms with Gasteiger partial charge in [0.2, 0.25) is 0 Å². The van der Waals surface area contributed by atoms with E-state index in [-0.39, 0.29) is 6.29 Å². The molecule has 0 rings (SSSR count). The molecule has 0 saturated carbocycles. The van der Waals surface area contributed by atoms with Crippen LogP contribution in [0.5, 0.6) is 0 Å². The largest absolute Gasteiger partial charge is 0.378 e. The molecule has 0 aromatic heterocycles. The van der Waals surface area contributed by atoms with E-state index in [1.807, 2.05) is 13.8 Å². The predicted molar refractivity (Wildman–Crippen MR) is 62.0 cm³/mol. The van der Waals surface area contributed by atoms with Crippen molar-refractivity contribution < 1.29 is 14.2 Å². The highest BCUT2D eigenvalue weighted by atomic mass is 16.7. The Morgan fingerprint density at radius 2 is 1.47 bits per heavy atom. The van der Waals surface area contributed by atoms with Gasteiger partial charge in [-0.05, 0) is 27.2 Å². The minimum absolute atomic E-state index is 0.103. The van der Waals surface area contributed by atoms with E-state index in [4.69, 9.17) is 14.2 Å². The minimum Gasteiger partial charge on any atom is -0.378 e. The van der Waals surface area contributed by atoms with E-state index in [2.05, 4.69) is 13.8 Å². The quantitative estimate of drug-likeness (QED) is 0.528. The summed E-state index contributed by atoms with van der Waals surface area (Å²) in [7, 11) is 0. The molecule has 0 amide bonds. The molecule has 3 heteroatoms. The maximum absolute atomic E-state index is 5.65. The molecule has 0 bridgehead atoms. The van der Waals surface area contributed by atoms with Gasteiger partial charge in [0.25, 0.3) is 0 Å². The fourth-order valence-corrected chi connectivity index (χ4v) is 1.44. The molecule has 1 unspecified atom stereocenters. The van der Waals surface area contributed by atoms with Crippen LogP contribution in [0.3, 0.4) is 0 Å². The van der Waals surface area contributed by atoms with Crippen LogP contribution in [0.15, 0.2) is 0 Å². The van der Waals surface area contributed by atoms with Gasteiger partial charge in [-0.1, -0.05) is 13.3 Å². The number of hydrogen-bond donors (Lipinski definition) is 0. The highest BCUT2D eigenvalue weighted by Gasteiger charge is 2.08. The van der Waals surface area contributed by atoms with Crippen molar-refractivity contribution in [3.8, 4) is 0 Å². The Balaban J connectivity index is 3.51. The summed E-state index contributed by atoms with van der Waals surface area (Å²) in [4.78, 5) is 0. The predicted octanol–water partition coefficient (Wildman–Crippen LogP) is 2.98. The zero-order valence-corrected chi connectivity index (χ0v) is 10.6. The van der Waals surface area contributed by atoms with Crippen LogP contribution in [0.25, 0.3) is 0 Å². The highest BCUT2D eigenvalue weighted by Crippen LogP contribution is 2.05. The van der Waals surface area contributed by atoms with Crippen molar-refractivity contribution >= 4 is 0 Å². The summed E-state index contributed by atoms with van der Waals surface area (Å²) in [6, 6.07) is 0. The van der Waals surface area contributed by atoms with Crippen molar-refractivity contribution in [3.05, 3.63) is 0 Å². The van der Waals surface area contributed by atoms with E-state index in [1.54, 1.807) is 0 Å². The van der Waals surface area contributed by atoms with Gasteiger partial charge in [-0.3, -0.25) is 0 Å². The summed E-state index contributed by atoms with van der Waals surface area (Å²) in [6.07, 6.45) is 3.35. The van der Waals surface area contributed by atoms with Gasteiger partial charge in [-0.2, -0.15) is 0 Å². The molecule has 0 aliphatic carbocycles. The van der Waals surface area contributed by atoms with E-state index < -0.39 is 0 Å². The van der Waals surface area contributed by atoms with Crippen LogP contribution >= 0.6 is 0 Å². The molecular formula is C12H26O3. The molecular weight excluding hydrogens is 192 g/mol. The third-order valence-electron chi connectivity index (χ3n) is 2.16. The summed E-state index contributed by atoms with van der Waals surface area (Å²) in [5, 5.41) is 0. The third kappa shape index (κ3) is 8.85. The Labute approximate surface area is 94.1 Å². The average Bonchev–Trinajstić information content (AvgIpc) is 2.19. The molecule has 0 fully saturated rings. The van der Waals surface area contributed by atoms with Crippen molar-refractivity contribution in [2.45, 2.75) is 59.4 Å². The molecule has 0 saturated heterocycles. The van der Waals surface area contributed by atoms with Crippen molar-refractivity contribution in [2.75, 3.05) is 19.8 Å². The maximum Gasteiger partial charge on any atom is 0.159 e. The Hall–Kier alpha value is -0.120. The lowest BCUT2D eigenvalue weighted by Crippen LogP contribution is -2.21. The first kappa shape index (κ1) is 14.9. The molecule has 3 nitrogen and oxygen atoms in total. The first-order valence-corrected chi connectivity index (χ1v) is 6.09. The second-order valence-corrected chi connectivity index (χ2v) is 3.60. The van der Waals surface area contributed by atoms with Gasteiger partial charge < -0.3 is 14.2 Å². The summed E-state index contributed by atoms with van der Waals surface area (Å²) < 4.78 is 16.5. The second-order valence-electron chi connectivity index (χ2n) is 3.60. The molecule has 92 valence electrons. The zero-order valence-electron chi connectivity index (χ0n) is 10.6. The SMILES string of the molecule is CCCC(C)OCCC(OCC)OCC. The Morgan fingerprint density at radius 1 is 0.867 bits per heavy atom. The molecule has 0 aromatic rings.